The molecule has 1 saturated heterocycles. The average Bonchev–Trinajstić information content (AvgIpc) is 2.53. The van der Waals surface area contributed by atoms with Gasteiger partial charge >= 0.3 is 5.97 Å². The van der Waals surface area contributed by atoms with Crippen molar-refractivity contribution in [3.63, 3.8) is 0 Å². The van der Waals surface area contributed by atoms with E-state index >= 15 is 0 Å². The van der Waals surface area contributed by atoms with Crippen LogP contribution in [0.3, 0.4) is 0 Å². The fourth-order valence-electron chi connectivity index (χ4n) is 1.53. The first-order chi connectivity index (χ1) is 5.83. The lowest BCUT2D eigenvalue weighted by molar-refractivity contribution is -0.143. The van der Waals surface area contributed by atoms with Gasteiger partial charge in [0.05, 0.1) is 6.61 Å². The summed E-state index contributed by atoms with van der Waals surface area (Å²) in [5, 5.41) is 3.35. The minimum absolute atomic E-state index is 0. The fourth-order valence-corrected chi connectivity index (χ4v) is 1.53. The Morgan fingerprint density at radius 2 is 2.38 bits per heavy atom. The Balaban J connectivity index is 0.00000144. The van der Waals surface area contributed by atoms with Crippen molar-refractivity contribution in [1.82, 2.24) is 5.32 Å². The summed E-state index contributed by atoms with van der Waals surface area (Å²) in [6.07, 6.45) is 3.94. The van der Waals surface area contributed by atoms with Crippen LogP contribution in [0, 0.1) is 0 Å². The molecule has 1 heterocycles. The van der Waals surface area contributed by atoms with Gasteiger partial charge < -0.3 is 10.1 Å². The van der Waals surface area contributed by atoms with Crippen molar-refractivity contribution < 1.29 is 9.53 Å². The number of carbonyl (C=O) groups excluding carboxylic acids is 1. The summed E-state index contributed by atoms with van der Waals surface area (Å²) in [6.45, 7) is 3.44. The van der Waals surface area contributed by atoms with Gasteiger partial charge in [-0.15, -0.1) is 12.4 Å². The Labute approximate surface area is 85.6 Å². The lowest BCUT2D eigenvalue weighted by Gasteiger charge is -2.08. The van der Waals surface area contributed by atoms with E-state index in [0.29, 0.717) is 19.1 Å². The summed E-state index contributed by atoms with van der Waals surface area (Å²) in [6, 6.07) is 0.550. The van der Waals surface area contributed by atoms with Crippen molar-refractivity contribution in [2.75, 3.05) is 13.2 Å². The van der Waals surface area contributed by atoms with E-state index in [2.05, 4.69) is 5.32 Å². The molecule has 4 heteroatoms. The van der Waals surface area contributed by atoms with E-state index in [1.807, 2.05) is 6.92 Å². The first kappa shape index (κ1) is 12.7. The number of hydrogen-bond acceptors (Lipinski definition) is 3. The van der Waals surface area contributed by atoms with Crippen LogP contribution in [-0.4, -0.2) is 25.2 Å². The second-order valence-electron chi connectivity index (χ2n) is 3.14. The van der Waals surface area contributed by atoms with Gasteiger partial charge in [0.25, 0.3) is 0 Å². The van der Waals surface area contributed by atoms with Gasteiger partial charge in [0, 0.05) is 12.5 Å². The van der Waals surface area contributed by atoms with Gasteiger partial charge in [0.15, 0.2) is 0 Å². The molecule has 78 valence electrons. The second-order valence-corrected chi connectivity index (χ2v) is 3.14. The number of esters is 1. The predicted octanol–water partition coefficient (Wildman–Crippen LogP) is 1.50. The van der Waals surface area contributed by atoms with Crippen LogP contribution in [0.15, 0.2) is 0 Å². The highest BCUT2D eigenvalue weighted by Crippen LogP contribution is 2.10. The van der Waals surface area contributed by atoms with Crippen LogP contribution >= 0.6 is 12.4 Å². The van der Waals surface area contributed by atoms with E-state index in [0.717, 1.165) is 13.0 Å². The summed E-state index contributed by atoms with van der Waals surface area (Å²) in [5.41, 5.74) is 0. The van der Waals surface area contributed by atoms with E-state index in [1.54, 1.807) is 0 Å². The van der Waals surface area contributed by atoms with Crippen LogP contribution in [0.1, 0.15) is 32.6 Å². The normalized spacial score (nSPS) is 20.8. The molecule has 0 spiro atoms. The second kappa shape index (κ2) is 7.15. The minimum Gasteiger partial charge on any atom is -0.466 e. The van der Waals surface area contributed by atoms with Crippen LogP contribution in [0.2, 0.25) is 0 Å². The molecule has 1 unspecified atom stereocenters. The van der Waals surface area contributed by atoms with Gasteiger partial charge in [-0.25, -0.2) is 0 Å². The van der Waals surface area contributed by atoms with Gasteiger partial charge in [-0.2, -0.15) is 0 Å². The molecule has 0 bridgehead atoms. The monoisotopic (exact) mass is 207 g/mol. The molecule has 0 amide bonds. The van der Waals surface area contributed by atoms with Crippen molar-refractivity contribution in [2.24, 2.45) is 0 Å². The van der Waals surface area contributed by atoms with Crippen LogP contribution in [0.4, 0.5) is 0 Å². The van der Waals surface area contributed by atoms with E-state index in [9.17, 15) is 4.79 Å². The lowest BCUT2D eigenvalue weighted by atomic mass is 10.1. The van der Waals surface area contributed by atoms with Gasteiger partial charge in [0.1, 0.15) is 0 Å². The summed E-state index contributed by atoms with van der Waals surface area (Å²) in [4.78, 5) is 10.9. The molecule has 1 aliphatic heterocycles. The SMILES string of the molecule is CCOC(=O)CCC1CCCN1.Cl. The highest BCUT2D eigenvalue weighted by atomic mass is 35.5. The zero-order valence-electron chi connectivity index (χ0n) is 8.04. The lowest BCUT2D eigenvalue weighted by Crippen LogP contribution is -2.22. The number of rotatable bonds is 4. The molecule has 1 fully saturated rings. The molecular formula is C9H18ClNO2. The topological polar surface area (TPSA) is 38.3 Å². The third-order valence-corrected chi connectivity index (χ3v) is 2.16. The highest BCUT2D eigenvalue weighted by molar-refractivity contribution is 5.85. The van der Waals surface area contributed by atoms with Gasteiger partial charge in [-0.3, -0.25) is 4.79 Å². The first-order valence-corrected chi connectivity index (χ1v) is 4.72. The van der Waals surface area contributed by atoms with E-state index in [4.69, 9.17) is 4.74 Å². The van der Waals surface area contributed by atoms with E-state index in [-0.39, 0.29) is 18.4 Å². The van der Waals surface area contributed by atoms with E-state index < -0.39 is 0 Å². The summed E-state index contributed by atoms with van der Waals surface area (Å²) >= 11 is 0. The molecule has 0 aliphatic carbocycles. The van der Waals surface area contributed by atoms with Crippen molar-refractivity contribution in [2.45, 2.75) is 38.6 Å². The number of halogens is 1. The number of nitrogens with one attached hydrogen (secondary N) is 1. The maximum atomic E-state index is 10.9. The molecule has 0 radical (unpaired) electrons. The Morgan fingerprint density at radius 3 is 2.92 bits per heavy atom. The Hall–Kier alpha value is -0.280. The van der Waals surface area contributed by atoms with Gasteiger partial charge in [-0.1, -0.05) is 0 Å². The quantitative estimate of drug-likeness (QED) is 0.711. The van der Waals surface area contributed by atoms with Crippen molar-refractivity contribution in [3.05, 3.63) is 0 Å². The van der Waals surface area contributed by atoms with Crippen molar-refractivity contribution in [3.8, 4) is 0 Å². The number of hydrogen-bond donors (Lipinski definition) is 1. The molecule has 1 atom stereocenters. The van der Waals surface area contributed by atoms with Gasteiger partial charge in [0.2, 0.25) is 0 Å². The molecule has 0 aromatic carbocycles. The largest absolute Gasteiger partial charge is 0.466 e. The summed E-state index contributed by atoms with van der Waals surface area (Å²) < 4.78 is 4.83. The van der Waals surface area contributed by atoms with Crippen LogP contribution < -0.4 is 5.32 Å². The standard InChI is InChI=1S/C9H17NO2.ClH/c1-2-12-9(11)6-5-8-4-3-7-10-8;/h8,10H,2-7H2,1H3;1H. The van der Waals surface area contributed by atoms with Gasteiger partial charge in [-0.05, 0) is 32.7 Å². The van der Waals surface area contributed by atoms with E-state index in [1.165, 1.54) is 12.8 Å². The molecule has 13 heavy (non-hydrogen) atoms. The van der Waals surface area contributed by atoms with Crippen LogP contribution in [0.25, 0.3) is 0 Å². The molecule has 0 aromatic rings. The first-order valence-electron chi connectivity index (χ1n) is 4.72. The molecule has 0 saturated carbocycles. The fraction of sp³-hybridized carbons (Fsp3) is 0.889. The summed E-state index contributed by atoms with van der Waals surface area (Å²) in [5.74, 6) is -0.0637. The molecule has 1 rings (SSSR count). The Kier molecular flexibility index (Phi) is 7.00. The Bertz CT molecular complexity index is 147. The third kappa shape index (κ3) is 5.11. The van der Waals surface area contributed by atoms with Crippen molar-refractivity contribution >= 4 is 18.4 Å². The maximum absolute atomic E-state index is 10.9. The minimum atomic E-state index is -0.0637. The average molecular weight is 208 g/mol. The molecular weight excluding hydrogens is 190 g/mol. The summed E-state index contributed by atoms with van der Waals surface area (Å²) in [7, 11) is 0. The third-order valence-electron chi connectivity index (χ3n) is 2.16. The molecule has 3 nitrogen and oxygen atoms in total. The maximum Gasteiger partial charge on any atom is 0.305 e. The molecule has 1 N–H and O–H groups in total. The Morgan fingerprint density at radius 1 is 1.62 bits per heavy atom. The number of ether oxygens (including phenoxy) is 1. The predicted molar refractivity (Wildman–Crippen MR) is 54.1 cm³/mol. The molecule has 0 aromatic heterocycles. The molecule has 1 aliphatic rings. The van der Waals surface area contributed by atoms with Crippen LogP contribution in [-0.2, 0) is 9.53 Å². The smallest absolute Gasteiger partial charge is 0.305 e. The highest BCUT2D eigenvalue weighted by Gasteiger charge is 2.15. The number of carbonyl (C=O) groups is 1. The van der Waals surface area contributed by atoms with Crippen LogP contribution in [0.5, 0.6) is 0 Å². The zero-order valence-corrected chi connectivity index (χ0v) is 8.86. The van der Waals surface area contributed by atoms with Crippen molar-refractivity contribution in [1.29, 1.82) is 0 Å². The zero-order chi connectivity index (χ0) is 8.81.